The molecule has 0 radical (unpaired) electrons. The Balaban J connectivity index is 2.16. The lowest BCUT2D eigenvalue weighted by Gasteiger charge is -2.24. The van der Waals surface area contributed by atoms with Crippen molar-refractivity contribution in [2.75, 3.05) is 6.54 Å². The molecule has 2 aromatic carbocycles. The van der Waals surface area contributed by atoms with Crippen LogP contribution in [0.25, 0.3) is 11.0 Å². The molecule has 0 saturated heterocycles. The second-order valence-electron chi connectivity index (χ2n) is 4.58. The molecule has 0 fully saturated rings. The first-order chi connectivity index (χ1) is 9.24. The monoisotopic (exact) mass is 253 g/mol. The van der Waals surface area contributed by atoms with Crippen LogP contribution in [-0.4, -0.2) is 11.7 Å². The summed E-state index contributed by atoms with van der Waals surface area (Å²) in [7, 11) is 0. The summed E-state index contributed by atoms with van der Waals surface area (Å²) in [5.74, 6) is 0.474. The number of fused-ring (bicyclic) bond motifs is 1. The maximum atomic E-state index is 10.8. The molecule has 0 aliphatic rings. The average Bonchev–Trinajstić information content (AvgIpc) is 2.92. The van der Waals surface area contributed by atoms with Gasteiger partial charge in [0.1, 0.15) is 11.3 Å². The van der Waals surface area contributed by atoms with Gasteiger partial charge in [-0.3, -0.25) is 0 Å². The third-order valence-corrected chi connectivity index (χ3v) is 3.38. The van der Waals surface area contributed by atoms with Crippen LogP contribution in [0.4, 0.5) is 0 Å². The van der Waals surface area contributed by atoms with Crippen molar-refractivity contribution >= 4 is 11.0 Å². The minimum absolute atomic E-state index is 0.0663. The van der Waals surface area contributed by atoms with E-state index in [0.29, 0.717) is 5.76 Å². The van der Waals surface area contributed by atoms with Crippen LogP contribution in [-0.2, 0) is 5.60 Å². The van der Waals surface area contributed by atoms with Crippen molar-refractivity contribution < 1.29 is 9.52 Å². The van der Waals surface area contributed by atoms with E-state index in [1.165, 1.54) is 0 Å². The summed E-state index contributed by atoms with van der Waals surface area (Å²) >= 11 is 0. The third-order valence-electron chi connectivity index (χ3n) is 3.38. The van der Waals surface area contributed by atoms with E-state index in [2.05, 4.69) is 0 Å². The molecule has 1 heterocycles. The molecule has 19 heavy (non-hydrogen) atoms. The van der Waals surface area contributed by atoms with Gasteiger partial charge in [-0.15, -0.1) is 0 Å². The summed E-state index contributed by atoms with van der Waals surface area (Å²) < 4.78 is 5.75. The molecule has 0 aliphatic heterocycles. The second kappa shape index (κ2) is 4.53. The fourth-order valence-corrected chi connectivity index (χ4v) is 2.26. The molecule has 0 aliphatic carbocycles. The SMILES string of the molecule is NCC(O)(c1ccccc1)c1cc2ccccc2o1. The van der Waals surface area contributed by atoms with Gasteiger partial charge in [0.2, 0.25) is 0 Å². The molecular formula is C16H15NO2. The minimum Gasteiger partial charge on any atom is -0.458 e. The summed E-state index contributed by atoms with van der Waals surface area (Å²) in [5, 5.41) is 11.8. The van der Waals surface area contributed by atoms with Gasteiger partial charge in [0.25, 0.3) is 0 Å². The van der Waals surface area contributed by atoms with Crippen LogP contribution in [0, 0.1) is 0 Å². The first-order valence-corrected chi connectivity index (χ1v) is 6.21. The van der Waals surface area contributed by atoms with Crippen LogP contribution in [0.3, 0.4) is 0 Å². The van der Waals surface area contributed by atoms with Gasteiger partial charge in [-0.25, -0.2) is 0 Å². The Bertz CT molecular complexity index is 657. The highest BCUT2D eigenvalue weighted by Crippen LogP contribution is 2.32. The lowest BCUT2D eigenvalue weighted by Crippen LogP contribution is -2.35. The van der Waals surface area contributed by atoms with Crippen molar-refractivity contribution in [3.05, 3.63) is 72.0 Å². The number of para-hydroxylation sites is 1. The van der Waals surface area contributed by atoms with Crippen LogP contribution in [0.15, 0.2) is 65.1 Å². The molecule has 3 nitrogen and oxygen atoms in total. The summed E-state index contributed by atoms with van der Waals surface area (Å²) in [6.45, 7) is 0.0663. The fraction of sp³-hybridized carbons (Fsp3) is 0.125. The predicted octanol–water partition coefficient (Wildman–Crippen LogP) is 2.63. The van der Waals surface area contributed by atoms with E-state index in [9.17, 15) is 5.11 Å². The highest BCUT2D eigenvalue weighted by atomic mass is 16.4. The molecule has 0 amide bonds. The zero-order valence-electron chi connectivity index (χ0n) is 10.4. The largest absolute Gasteiger partial charge is 0.458 e. The highest BCUT2D eigenvalue weighted by Gasteiger charge is 2.33. The lowest BCUT2D eigenvalue weighted by molar-refractivity contribution is 0.0675. The second-order valence-corrected chi connectivity index (χ2v) is 4.58. The maximum absolute atomic E-state index is 10.8. The number of aliphatic hydroxyl groups is 1. The van der Waals surface area contributed by atoms with Gasteiger partial charge >= 0.3 is 0 Å². The van der Waals surface area contributed by atoms with E-state index < -0.39 is 5.60 Å². The first-order valence-electron chi connectivity index (χ1n) is 6.21. The van der Waals surface area contributed by atoms with E-state index in [0.717, 1.165) is 16.5 Å². The number of benzene rings is 2. The topological polar surface area (TPSA) is 59.4 Å². The molecule has 0 bridgehead atoms. The van der Waals surface area contributed by atoms with Crippen LogP contribution in [0.1, 0.15) is 11.3 Å². The Morgan fingerprint density at radius 2 is 1.68 bits per heavy atom. The van der Waals surface area contributed by atoms with Gasteiger partial charge in [-0.05, 0) is 17.7 Å². The minimum atomic E-state index is -1.29. The zero-order valence-corrected chi connectivity index (χ0v) is 10.4. The standard InChI is InChI=1S/C16H15NO2/c17-11-16(18,13-7-2-1-3-8-13)15-10-12-6-4-5-9-14(12)19-15/h1-10,18H,11,17H2. The summed E-state index contributed by atoms with van der Waals surface area (Å²) in [5.41, 5.74) is 5.97. The van der Waals surface area contributed by atoms with Gasteiger partial charge in [-0.2, -0.15) is 0 Å². The summed E-state index contributed by atoms with van der Waals surface area (Å²) in [6.07, 6.45) is 0. The molecule has 3 rings (SSSR count). The van der Waals surface area contributed by atoms with Crippen molar-refractivity contribution in [2.45, 2.75) is 5.60 Å². The highest BCUT2D eigenvalue weighted by molar-refractivity contribution is 5.78. The average molecular weight is 253 g/mol. The van der Waals surface area contributed by atoms with E-state index in [1.807, 2.05) is 60.7 Å². The smallest absolute Gasteiger partial charge is 0.159 e. The van der Waals surface area contributed by atoms with Crippen LogP contribution >= 0.6 is 0 Å². The molecule has 1 aromatic heterocycles. The molecule has 96 valence electrons. The predicted molar refractivity (Wildman–Crippen MR) is 74.7 cm³/mol. The van der Waals surface area contributed by atoms with Gasteiger partial charge in [0, 0.05) is 11.9 Å². The van der Waals surface area contributed by atoms with Crippen LogP contribution < -0.4 is 5.73 Å². The lowest BCUT2D eigenvalue weighted by atomic mass is 9.91. The Labute approximate surface area is 111 Å². The third kappa shape index (κ3) is 1.93. The Morgan fingerprint density at radius 1 is 1.00 bits per heavy atom. The zero-order chi connectivity index (χ0) is 13.3. The van der Waals surface area contributed by atoms with E-state index in [-0.39, 0.29) is 6.54 Å². The summed E-state index contributed by atoms with van der Waals surface area (Å²) in [4.78, 5) is 0. The molecule has 3 aromatic rings. The number of hydrogen-bond acceptors (Lipinski definition) is 3. The van der Waals surface area contributed by atoms with Crippen molar-refractivity contribution in [1.29, 1.82) is 0 Å². The summed E-state index contributed by atoms with van der Waals surface area (Å²) in [6, 6.07) is 18.8. The van der Waals surface area contributed by atoms with E-state index in [1.54, 1.807) is 0 Å². The van der Waals surface area contributed by atoms with Gasteiger partial charge in [0.05, 0.1) is 0 Å². The number of nitrogens with two attached hydrogens (primary N) is 1. The molecule has 3 heteroatoms. The Morgan fingerprint density at radius 3 is 2.37 bits per heavy atom. The molecule has 3 N–H and O–H groups in total. The maximum Gasteiger partial charge on any atom is 0.159 e. The Hall–Kier alpha value is -2.10. The van der Waals surface area contributed by atoms with Crippen molar-refractivity contribution in [3.8, 4) is 0 Å². The van der Waals surface area contributed by atoms with E-state index in [4.69, 9.17) is 10.2 Å². The van der Waals surface area contributed by atoms with Gasteiger partial charge in [-0.1, -0.05) is 48.5 Å². The van der Waals surface area contributed by atoms with Crippen molar-refractivity contribution in [3.63, 3.8) is 0 Å². The first kappa shape index (κ1) is 12.0. The fourth-order valence-electron chi connectivity index (χ4n) is 2.26. The molecule has 1 atom stereocenters. The molecular weight excluding hydrogens is 238 g/mol. The van der Waals surface area contributed by atoms with Crippen LogP contribution in [0.2, 0.25) is 0 Å². The molecule has 0 spiro atoms. The van der Waals surface area contributed by atoms with Crippen LogP contribution in [0.5, 0.6) is 0 Å². The molecule has 1 unspecified atom stereocenters. The Kier molecular flexibility index (Phi) is 2.85. The van der Waals surface area contributed by atoms with E-state index >= 15 is 0 Å². The normalized spacial score (nSPS) is 14.4. The van der Waals surface area contributed by atoms with Crippen molar-refractivity contribution in [1.82, 2.24) is 0 Å². The quantitative estimate of drug-likeness (QED) is 0.754. The number of rotatable bonds is 3. The molecule has 0 saturated carbocycles. The van der Waals surface area contributed by atoms with Gasteiger partial charge < -0.3 is 15.3 Å². The van der Waals surface area contributed by atoms with Crippen molar-refractivity contribution in [2.24, 2.45) is 5.73 Å². The van der Waals surface area contributed by atoms with Gasteiger partial charge in [0.15, 0.2) is 5.60 Å². The number of hydrogen-bond donors (Lipinski definition) is 2. The number of furan rings is 1.